The molecule has 0 atom stereocenters. The average molecular weight is 765 g/mol. The van der Waals surface area contributed by atoms with Crippen molar-refractivity contribution < 1.29 is 30.6 Å². The Morgan fingerprint density at radius 1 is 0.281 bits per heavy atom. The number of hydrogen-bond donors (Lipinski definition) is 6. The molecular weight excluding hydrogens is 709 g/mol. The Kier molecular flexibility index (Phi) is 11.4. The zero-order valence-electron chi connectivity index (χ0n) is 35.0. The van der Waals surface area contributed by atoms with Crippen LogP contribution >= 0.6 is 0 Å². The van der Waals surface area contributed by atoms with Gasteiger partial charge < -0.3 is 30.6 Å². The second kappa shape index (κ2) is 15.9. The average Bonchev–Trinajstić information content (AvgIpc) is 3.12. The fourth-order valence-electron chi connectivity index (χ4n) is 8.68. The zero-order valence-corrected chi connectivity index (χ0v) is 35.0. The fraction of sp³-hybridized carbons (Fsp3) is 0.294. The highest BCUT2D eigenvalue weighted by atomic mass is 16.3. The Labute approximate surface area is 337 Å². The molecule has 0 aliphatic rings. The van der Waals surface area contributed by atoms with E-state index < -0.39 is 0 Å². The molecule has 0 saturated heterocycles. The highest BCUT2D eigenvalue weighted by Gasteiger charge is 2.22. The lowest BCUT2D eigenvalue weighted by Gasteiger charge is -2.21. The van der Waals surface area contributed by atoms with Gasteiger partial charge in [0.05, 0.1) is 0 Å². The Morgan fingerprint density at radius 3 is 0.895 bits per heavy atom. The molecule has 0 aliphatic heterocycles. The number of aromatic hydroxyl groups is 6. The number of phenols is 6. The molecule has 296 valence electrons. The van der Waals surface area contributed by atoms with Crippen molar-refractivity contribution in [2.75, 3.05) is 0 Å². The maximum Gasteiger partial charge on any atom is 0.122 e. The Balaban J connectivity index is 1.34. The van der Waals surface area contributed by atoms with Crippen molar-refractivity contribution in [1.82, 2.24) is 0 Å². The smallest absolute Gasteiger partial charge is 0.122 e. The minimum atomic E-state index is 0.157. The van der Waals surface area contributed by atoms with Crippen LogP contribution in [0, 0.1) is 69.2 Å². The maximum absolute atomic E-state index is 11.6. The van der Waals surface area contributed by atoms with Crippen LogP contribution in [0.3, 0.4) is 0 Å². The quantitative estimate of drug-likeness (QED) is 0.0826. The van der Waals surface area contributed by atoms with Gasteiger partial charge in [0.25, 0.3) is 0 Å². The summed E-state index contributed by atoms with van der Waals surface area (Å²) in [7, 11) is 0. The molecule has 6 nitrogen and oxygen atoms in total. The first-order valence-electron chi connectivity index (χ1n) is 19.7. The minimum absolute atomic E-state index is 0.157. The van der Waals surface area contributed by atoms with Gasteiger partial charge >= 0.3 is 0 Å². The standard InChI is InChI=1S/C51H56O6/c1-26-11-30(5)42(46(52)17-26)22-38-13-28(3)15-40(50(38)56)24-44-34(9)36(19-32(7)48(44)54)21-37-20-33(8)49(55)45(35(37)10)25-41-16-29(4)14-39(51(41)57)23-43-31(6)12-27(2)18-47(43)53/h11-20,52-57H,21-25H2,1-10H3. The van der Waals surface area contributed by atoms with E-state index in [1.165, 1.54) is 0 Å². The first kappa shape index (κ1) is 40.8. The Bertz CT molecular complexity index is 2340. The first-order valence-corrected chi connectivity index (χ1v) is 19.7. The summed E-state index contributed by atoms with van der Waals surface area (Å²) in [5, 5.41) is 67.7. The maximum atomic E-state index is 11.6. The molecule has 0 saturated carbocycles. The third kappa shape index (κ3) is 8.32. The van der Waals surface area contributed by atoms with Crippen LogP contribution in [-0.4, -0.2) is 30.6 Å². The lowest BCUT2D eigenvalue weighted by Crippen LogP contribution is -2.05. The van der Waals surface area contributed by atoms with Crippen LogP contribution in [0.1, 0.15) is 111 Å². The molecule has 0 amide bonds. The van der Waals surface area contributed by atoms with Gasteiger partial charge in [-0.15, -0.1) is 0 Å². The molecule has 0 fully saturated rings. The molecule has 57 heavy (non-hydrogen) atoms. The lowest BCUT2D eigenvalue weighted by molar-refractivity contribution is 0.454. The van der Waals surface area contributed by atoms with Crippen LogP contribution in [0.15, 0.2) is 60.7 Å². The van der Waals surface area contributed by atoms with Gasteiger partial charge in [0.1, 0.15) is 34.5 Å². The van der Waals surface area contributed by atoms with E-state index >= 15 is 0 Å². The molecule has 0 aromatic heterocycles. The third-order valence-corrected chi connectivity index (χ3v) is 11.8. The monoisotopic (exact) mass is 764 g/mol. The fourth-order valence-corrected chi connectivity index (χ4v) is 8.68. The van der Waals surface area contributed by atoms with Gasteiger partial charge in [0.2, 0.25) is 0 Å². The van der Waals surface area contributed by atoms with Crippen molar-refractivity contribution in [3.05, 3.63) is 172 Å². The van der Waals surface area contributed by atoms with E-state index in [-0.39, 0.29) is 34.5 Å². The van der Waals surface area contributed by atoms with Crippen molar-refractivity contribution in [3.63, 3.8) is 0 Å². The molecule has 0 unspecified atom stereocenters. The van der Waals surface area contributed by atoms with Crippen molar-refractivity contribution in [2.45, 2.75) is 101 Å². The van der Waals surface area contributed by atoms with Crippen molar-refractivity contribution in [3.8, 4) is 34.5 Å². The van der Waals surface area contributed by atoms with E-state index in [1.807, 2.05) is 118 Å². The Morgan fingerprint density at radius 2 is 0.579 bits per heavy atom. The first-order chi connectivity index (χ1) is 26.8. The molecule has 0 heterocycles. The summed E-state index contributed by atoms with van der Waals surface area (Å²) in [6, 6.07) is 19.4. The van der Waals surface area contributed by atoms with Gasteiger partial charge in [-0.2, -0.15) is 0 Å². The molecule has 0 aliphatic carbocycles. The van der Waals surface area contributed by atoms with Crippen LogP contribution in [-0.2, 0) is 32.1 Å². The molecule has 0 radical (unpaired) electrons. The summed E-state index contributed by atoms with van der Waals surface area (Å²) in [5.41, 5.74) is 17.1. The van der Waals surface area contributed by atoms with Gasteiger partial charge in [0, 0.05) is 47.9 Å². The minimum Gasteiger partial charge on any atom is -0.508 e. The Hall–Kier alpha value is -5.88. The predicted molar refractivity (Wildman–Crippen MR) is 230 cm³/mol. The second-order valence-corrected chi connectivity index (χ2v) is 16.5. The van der Waals surface area contributed by atoms with Gasteiger partial charge in [-0.25, -0.2) is 0 Å². The normalized spacial score (nSPS) is 11.4. The summed E-state index contributed by atoms with van der Waals surface area (Å²) in [5.74, 6) is 1.14. The molecule has 6 N–H and O–H groups in total. The van der Waals surface area contributed by atoms with Crippen molar-refractivity contribution >= 4 is 0 Å². The van der Waals surface area contributed by atoms with Gasteiger partial charge in [-0.05, 0) is 166 Å². The van der Waals surface area contributed by atoms with Gasteiger partial charge in [0.15, 0.2) is 0 Å². The van der Waals surface area contributed by atoms with E-state index in [0.717, 1.165) is 100 Å². The molecule has 6 rings (SSSR count). The number of benzene rings is 6. The van der Waals surface area contributed by atoms with E-state index in [0.29, 0.717) is 43.2 Å². The molecular formula is C51H56O6. The summed E-state index contributed by atoms with van der Waals surface area (Å²) in [4.78, 5) is 0. The van der Waals surface area contributed by atoms with E-state index in [4.69, 9.17) is 0 Å². The largest absolute Gasteiger partial charge is 0.508 e. The number of aryl methyl sites for hydroxylation is 8. The summed E-state index contributed by atoms with van der Waals surface area (Å²) >= 11 is 0. The number of phenolic OH excluding ortho intramolecular Hbond substituents is 6. The molecule has 6 aromatic rings. The number of hydrogen-bond acceptors (Lipinski definition) is 6. The molecule has 6 heteroatoms. The van der Waals surface area contributed by atoms with E-state index in [9.17, 15) is 30.6 Å². The van der Waals surface area contributed by atoms with Gasteiger partial charge in [-0.3, -0.25) is 0 Å². The topological polar surface area (TPSA) is 121 Å². The van der Waals surface area contributed by atoms with Gasteiger partial charge in [-0.1, -0.05) is 59.7 Å². The number of rotatable bonds is 10. The second-order valence-electron chi connectivity index (χ2n) is 16.5. The summed E-state index contributed by atoms with van der Waals surface area (Å²) < 4.78 is 0. The highest BCUT2D eigenvalue weighted by Crippen LogP contribution is 2.40. The van der Waals surface area contributed by atoms with Crippen LogP contribution in [0.5, 0.6) is 34.5 Å². The lowest BCUT2D eigenvalue weighted by atomic mass is 9.85. The van der Waals surface area contributed by atoms with E-state index in [1.54, 1.807) is 12.1 Å². The van der Waals surface area contributed by atoms with Crippen LogP contribution in [0.4, 0.5) is 0 Å². The third-order valence-electron chi connectivity index (χ3n) is 11.8. The SMILES string of the molecule is Cc1cc(C)c(Cc2cc(C)cc(Cc3c(C)c(Cc4cc(C)c(O)c(Cc5cc(C)cc(Cc6c(C)cc(C)cc6O)c5O)c4C)cc(C)c3O)c2O)c(O)c1. The van der Waals surface area contributed by atoms with Crippen molar-refractivity contribution in [2.24, 2.45) is 0 Å². The van der Waals surface area contributed by atoms with Crippen LogP contribution in [0.2, 0.25) is 0 Å². The predicted octanol–water partition coefficient (Wildman–Crippen LogP) is 11.0. The zero-order chi connectivity index (χ0) is 41.6. The molecule has 0 spiro atoms. The summed E-state index contributed by atoms with van der Waals surface area (Å²) in [6.07, 6.45) is 1.94. The molecule has 0 bridgehead atoms. The molecule has 6 aromatic carbocycles. The highest BCUT2D eigenvalue weighted by molar-refractivity contribution is 5.59. The van der Waals surface area contributed by atoms with Crippen LogP contribution < -0.4 is 0 Å². The van der Waals surface area contributed by atoms with E-state index in [2.05, 4.69) is 0 Å². The van der Waals surface area contributed by atoms with Crippen LogP contribution in [0.25, 0.3) is 0 Å². The summed E-state index contributed by atoms with van der Waals surface area (Å²) in [6.45, 7) is 19.6. The van der Waals surface area contributed by atoms with Crippen molar-refractivity contribution in [1.29, 1.82) is 0 Å².